The summed E-state index contributed by atoms with van der Waals surface area (Å²) in [6, 6.07) is 11.9. The van der Waals surface area contributed by atoms with Crippen LogP contribution in [0.1, 0.15) is 44.2 Å². The molecule has 2 rings (SSSR count). The zero-order chi connectivity index (χ0) is 28.1. The van der Waals surface area contributed by atoms with Gasteiger partial charge in [-0.25, -0.2) is 12.7 Å². The lowest BCUT2D eigenvalue weighted by Gasteiger charge is -2.26. The molecule has 0 aromatic heterocycles. The highest BCUT2D eigenvalue weighted by Gasteiger charge is 2.25. The third-order valence-electron chi connectivity index (χ3n) is 5.93. The Morgan fingerprint density at radius 1 is 1.05 bits per heavy atom. The number of aliphatic hydroxyl groups is 1. The van der Waals surface area contributed by atoms with Crippen LogP contribution in [0.2, 0.25) is 10.0 Å². The van der Waals surface area contributed by atoms with Crippen molar-refractivity contribution in [1.29, 1.82) is 0 Å². The summed E-state index contributed by atoms with van der Waals surface area (Å²) in [7, 11) is -1.97. The molecular formula is C27H39Cl2N3O5S. The lowest BCUT2D eigenvalue weighted by molar-refractivity contribution is -0.122. The minimum Gasteiger partial charge on any atom is -0.497 e. The van der Waals surface area contributed by atoms with Crippen LogP contribution in [0.15, 0.2) is 42.5 Å². The second-order valence-corrected chi connectivity index (χ2v) is 12.1. The normalized spacial score (nSPS) is 13.3. The van der Waals surface area contributed by atoms with Gasteiger partial charge in [0.2, 0.25) is 15.9 Å². The van der Waals surface area contributed by atoms with Gasteiger partial charge in [-0.2, -0.15) is 0 Å². The van der Waals surface area contributed by atoms with Gasteiger partial charge in [-0.05, 0) is 60.7 Å². The van der Waals surface area contributed by atoms with Crippen molar-refractivity contribution >= 4 is 39.1 Å². The SMILES string of the molecule is CCCN(CCC)S(=O)(=O)CCC(=O)N[C@@H](Cc1cc(Cl)cc(Cl)c1)[C@H](O)CNCc1cccc(OC)c1. The number of rotatable bonds is 17. The quantitative estimate of drug-likeness (QED) is 0.258. The van der Waals surface area contributed by atoms with Crippen LogP contribution in [0.25, 0.3) is 0 Å². The molecule has 11 heteroatoms. The highest BCUT2D eigenvalue weighted by molar-refractivity contribution is 7.89. The van der Waals surface area contributed by atoms with Crippen LogP contribution in [0, 0.1) is 0 Å². The predicted molar refractivity (Wildman–Crippen MR) is 153 cm³/mol. The molecule has 8 nitrogen and oxygen atoms in total. The second kappa shape index (κ2) is 16.3. The minimum atomic E-state index is -3.57. The van der Waals surface area contributed by atoms with Crippen LogP contribution in [0.4, 0.5) is 0 Å². The summed E-state index contributed by atoms with van der Waals surface area (Å²) in [5.41, 5.74) is 1.72. The molecule has 0 heterocycles. The fraction of sp³-hybridized carbons (Fsp3) is 0.519. The molecule has 0 spiro atoms. The van der Waals surface area contributed by atoms with Gasteiger partial charge in [0.15, 0.2) is 0 Å². The summed E-state index contributed by atoms with van der Waals surface area (Å²) in [5, 5.41) is 17.9. The highest BCUT2D eigenvalue weighted by Crippen LogP contribution is 2.21. The van der Waals surface area contributed by atoms with Crippen molar-refractivity contribution in [3.05, 3.63) is 63.6 Å². The van der Waals surface area contributed by atoms with E-state index in [1.807, 2.05) is 38.1 Å². The van der Waals surface area contributed by atoms with Gasteiger partial charge in [0.1, 0.15) is 5.75 Å². The van der Waals surface area contributed by atoms with E-state index in [4.69, 9.17) is 27.9 Å². The van der Waals surface area contributed by atoms with Crippen LogP contribution < -0.4 is 15.4 Å². The second-order valence-electron chi connectivity index (χ2n) is 9.17. The molecule has 2 aromatic carbocycles. The summed E-state index contributed by atoms with van der Waals surface area (Å²) in [6.07, 6.45) is 0.493. The minimum absolute atomic E-state index is 0.190. The molecule has 2 atom stereocenters. The Morgan fingerprint density at radius 2 is 1.71 bits per heavy atom. The number of halogens is 2. The number of amides is 1. The van der Waals surface area contributed by atoms with E-state index in [-0.39, 0.29) is 25.1 Å². The van der Waals surface area contributed by atoms with Crippen LogP contribution in [0.3, 0.4) is 0 Å². The molecule has 38 heavy (non-hydrogen) atoms. The molecule has 0 radical (unpaired) electrons. The first-order chi connectivity index (χ1) is 18.1. The van der Waals surface area contributed by atoms with Gasteiger partial charge in [-0.15, -0.1) is 0 Å². The van der Waals surface area contributed by atoms with Crippen molar-refractivity contribution in [3.8, 4) is 5.75 Å². The Labute approximate surface area is 236 Å². The van der Waals surface area contributed by atoms with E-state index < -0.39 is 28.1 Å². The van der Waals surface area contributed by atoms with Gasteiger partial charge >= 0.3 is 0 Å². The molecule has 0 unspecified atom stereocenters. The van der Waals surface area contributed by atoms with E-state index in [0.717, 1.165) is 16.9 Å². The average Bonchev–Trinajstić information content (AvgIpc) is 2.86. The Balaban J connectivity index is 2.07. The van der Waals surface area contributed by atoms with E-state index in [9.17, 15) is 18.3 Å². The number of nitrogens with zero attached hydrogens (tertiary/aromatic N) is 1. The first kappa shape index (κ1) is 32.3. The standard InChI is InChI=1S/C27H39Cl2N3O5S/c1-4-10-32(11-5-2)38(35,36)12-9-27(34)31-25(16-21-13-22(28)17-23(29)14-21)26(33)19-30-18-20-7-6-8-24(15-20)37-3/h6-8,13-15,17,25-26,30,33H,4-5,9-12,16,18-19H2,1-3H3,(H,31,34)/t25-,26+/m0/s1. The average molecular weight is 589 g/mol. The van der Waals surface area contributed by atoms with Gasteiger partial charge in [0.05, 0.1) is 25.0 Å². The number of sulfonamides is 1. The van der Waals surface area contributed by atoms with Gasteiger partial charge in [-0.1, -0.05) is 49.2 Å². The molecule has 3 N–H and O–H groups in total. The monoisotopic (exact) mass is 587 g/mol. The van der Waals surface area contributed by atoms with Crippen molar-refractivity contribution in [2.45, 2.75) is 58.2 Å². The van der Waals surface area contributed by atoms with Crippen molar-refractivity contribution in [3.63, 3.8) is 0 Å². The van der Waals surface area contributed by atoms with Crippen LogP contribution in [0.5, 0.6) is 5.75 Å². The van der Waals surface area contributed by atoms with Gasteiger partial charge in [0, 0.05) is 42.6 Å². The van der Waals surface area contributed by atoms with Crippen LogP contribution in [-0.2, 0) is 27.8 Å². The number of nitrogens with one attached hydrogen (secondary N) is 2. The number of aliphatic hydroxyl groups excluding tert-OH is 1. The Morgan fingerprint density at radius 3 is 2.32 bits per heavy atom. The fourth-order valence-electron chi connectivity index (χ4n) is 4.07. The zero-order valence-electron chi connectivity index (χ0n) is 22.3. The van der Waals surface area contributed by atoms with E-state index in [0.29, 0.717) is 42.5 Å². The summed E-state index contributed by atoms with van der Waals surface area (Å²) >= 11 is 12.3. The number of carbonyl (C=O) groups excluding carboxylic acids is 1. The van der Waals surface area contributed by atoms with Gasteiger partial charge < -0.3 is 20.5 Å². The molecule has 0 saturated heterocycles. The Bertz CT molecular complexity index is 1110. The Kier molecular flexibility index (Phi) is 13.8. The maximum absolute atomic E-state index is 12.8. The van der Waals surface area contributed by atoms with Gasteiger partial charge in [0.25, 0.3) is 0 Å². The fourth-order valence-corrected chi connectivity index (χ4v) is 6.27. The topological polar surface area (TPSA) is 108 Å². The third-order valence-corrected chi connectivity index (χ3v) is 8.24. The summed E-state index contributed by atoms with van der Waals surface area (Å²) < 4.78 is 32.2. The molecule has 0 saturated carbocycles. The predicted octanol–water partition coefficient (Wildman–Crippen LogP) is 4.02. The summed E-state index contributed by atoms with van der Waals surface area (Å²) in [4.78, 5) is 12.8. The smallest absolute Gasteiger partial charge is 0.221 e. The van der Waals surface area contributed by atoms with Gasteiger partial charge in [-0.3, -0.25) is 4.79 Å². The first-order valence-electron chi connectivity index (χ1n) is 12.8. The molecule has 0 aliphatic rings. The number of hydrogen-bond acceptors (Lipinski definition) is 6. The molecule has 212 valence electrons. The van der Waals surface area contributed by atoms with E-state index >= 15 is 0 Å². The highest BCUT2D eigenvalue weighted by atomic mass is 35.5. The zero-order valence-corrected chi connectivity index (χ0v) is 24.6. The van der Waals surface area contributed by atoms with Crippen LogP contribution >= 0.6 is 23.2 Å². The molecule has 0 bridgehead atoms. The Hall–Kier alpha value is -1.88. The van der Waals surface area contributed by atoms with Crippen molar-refractivity contribution < 1.29 is 23.1 Å². The molecular weight excluding hydrogens is 549 g/mol. The number of ether oxygens (including phenoxy) is 1. The molecule has 0 fully saturated rings. The lowest BCUT2D eigenvalue weighted by atomic mass is 10.0. The number of benzene rings is 2. The van der Waals surface area contributed by atoms with E-state index in [1.165, 1.54) is 4.31 Å². The molecule has 1 amide bonds. The number of carbonyl (C=O) groups is 1. The maximum atomic E-state index is 12.8. The third kappa shape index (κ3) is 11.1. The first-order valence-corrected chi connectivity index (χ1v) is 15.2. The largest absolute Gasteiger partial charge is 0.497 e. The summed E-state index contributed by atoms with van der Waals surface area (Å²) in [6.45, 7) is 5.36. The van der Waals surface area contributed by atoms with Crippen LogP contribution in [-0.4, -0.2) is 68.4 Å². The molecule has 0 aliphatic carbocycles. The number of hydrogen-bond donors (Lipinski definition) is 3. The maximum Gasteiger partial charge on any atom is 0.221 e. The van der Waals surface area contributed by atoms with E-state index in [1.54, 1.807) is 25.3 Å². The number of methoxy groups -OCH3 is 1. The lowest BCUT2D eigenvalue weighted by Crippen LogP contribution is -2.49. The van der Waals surface area contributed by atoms with Crippen molar-refractivity contribution in [2.24, 2.45) is 0 Å². The van der Waals surface area contributed by atoms with E-state index in [2.05, 4.69) is 10.6 Å². The van der Waals surface area contributed by atoms with Crippen molar-refractivity contribution in [2.75, 3.05) is 32.5 Å². The molecule has 0 aliphatic heterocycles. The van der Waals surface area contributed by atoms with Crippen molar-refractivity contribution in [1.82, 2.24) is 14.9 Å². The summed E-state index contributed by atoms with van der Waals surface area (Å²) in [5.74, 6) is -0.00986. The molecule has 2 aromatic rings.